The van der Waals surface area contributed by atoms with Crippen LogP contribution in [-0.2, 0) is 25.5 Å². The van der Waals surface area contributed by atoms with Crippen LogP contribution in [-0.4, -0.2) is 25.2 Å². The van der Waals surface area contributed by atoms with E-state index in [1.165, 1.54) is 19.3 Å². The SMILES string of the molecule is O=C(CCC(=O)OCC1CCCCC1)OCCc1ccccc1. The summed E-state index contributed by atoms with van der Waals surface area (Å²) in [6.07, 6.45) is 6.95. The summed E-state index contributed by atoms with van der Waals surface area (Å²) in [5, 5.41) is 0. The van der Waals surface area contributed by atoms with Crippen molar-refractivity contribution in [3.8, 4) is 0 Å². The maximum Gasteiger partial charge on any atom is 0.306 e. The van der Waals surface area contributed by atoms with Gasteiger partial charge in [0.2, 0.25) is 0 Å². The molecular weight excluding hydrogens is 292 g/mol. The van der Waals surface area contributed by atoms with Crippen molar-refractivity contribution in [2.45, 2.75) is 51.4 Å². The minimum Gasteiger partial charge on any atom is -0.465 e. The lowest BCUT2D eigenvalue weighted by Gasteiger charge is -2.20. The van der Waals surface area contributed by atoms with Gasteiger partial charge in [0.25, 0.3) is 0 Å². The van der Waals surface area contributed by atoms with Crippen LogP contribution in [0.1, 0.15) is 50.5 Å². The van der Waals surface area contributed by atoms with Gasteiger partial charge in [-0.15, -0.1) is 0 Å². The first-order valence-electron chi connectivity index (χ1n) is 8.59. The number of benzene rings is 1. The molecule has 0 bridgehead atoms. The normalized spacial score (nSPS) is 15.1. The molecule has 0 spiro atoms. The van der Waals surface area contributed by atoms with Crippen LogP contribution in [0.15, 0.2) is 30.3 Å². The first kappa shape index (κ1) is 17.5. The lowest BCUT2D eigenvalue weighted by atomic mass is 9.90. The zero-order chi connectivity index (χ0) is 16.3. The quantitative estimate of drug-likeness (QED) is 0.686. The number of carbonyl (C=O) groups excluding carboxylic acids is 2. The maximum absolute atomic E-state index is 11.7. The van der Waals surface area contributed by atoms with Crippen molar-refractivity contribution in [1.82, 2.24) is 0 Å². The van der Waals surface area contributed by atoms with Crippen LogP contribution < -0.4 is 0 Å². The van der Waals surface area contributed by atoms with Gasteiger partial charge in [-0.3, -0.25) is 9.59 Å². The molecule has 126 valence electrons. The van der Waals surface area contributed by atoms with Gasteiger partial charge in [-0.2, -0.15) is 0 Å². The monoisotopic (exact) mass is 318 g/mol. The van der Waals surface area contributed by atoms with Gasteiger partial charge < -0.3 is 9.47 Å². The number of esters is 2. The highest BCUT2D eigenvalue weighted by Gasteiger charge is 2.16. The van der Waals surface area contributed by atoms with Gasteiger partial charge >= 0.3 is 11.9 Å². The van der Waals surface area contributed by atoms with Crippen molar-refractivity contribution in [3.05, 3.63) is 35.9 Å². The van der Waals surface area contributed by atoms with E-state index in [1.807, 2.05) is 30.3 Å². The van der Waals surface area contributed by atoms with Crippen LogP contribution in [0.25, 0.3) is 0 Å². The molecule has 0 atom stereocenters. The molecule has 0 unspecified atom stereocenters. The average Bonchev–Trinajstić information content (AvgIpc) is 2.60. The highest BCUT2D eigenvalue weighted by molar-refractivity contribution is 5.77. The molecule has 1 aromatic carbocycles. The molecule has 0 heterocycles. The summed E-state index contributed by atoms with van der Waals surface area (Å²) < 4.78 is 10.4. The molecule has 1 aromatic rings. The number of hydrogen-bond acceptors (Lipinski definition) is 4. The van der Waals surface area contributed by atoms with E-state index in [9.17, 15) is 9.59 Å². The molecule has 0 aliphatic heterocycles. The van der Waals surface area contributed by atoms with E-state index in [0.29, 0.717) is 25.6 Å². The molecule has 1 aliphatic carbocycles. The first-order valence-corrected chi connectivity index (χ1v) is 8.59. The van der Waals surface area contributed by atoms with E-state index in [2.05, 4.69) is 0 Å². The number of hydrogen-bond donors (Lipinski definition) is 0. The van der Waals surface area contributed by atoms with Gasteiger partial charge in [-0.05, 0) is 24.3 Å². The summed E-state index contributed by atoms with van der Waals surface area (Å²) in [6.45, 7) is 0.849. The Bertz CT molecular complexity index is 477. The fourth-order valence-electron chi connectivity index (χ4n) is 2.84. The molecule has 23 heavy (non-hydrogen) atoms. The third kappa shape index (κ3) is 7.31. The molecular formula is C19H26O4. The van der Waals surface area contributed by atoms with Crippen LogP contribution >= 0.6 is 0 Å². The molecule has 1 fully saturated rings. The van der Waals surface area contributed by atoms with E-state index in [1.54, 1.807) is 0 Å². The summed E-state index contributed by atoms with van der Waals surface area (Å²) in [5.41, 5.74) is 1.13. The molecule has 1 aliphatic rings. The lowest BCUT2D eigenvalue weighted by Crippen LogP contribution is -2.17. The third-order valence-electron chi connectivity index (χ3n) is 4.23. The van der Waals surface area contributed by atoms with Gasteiger partial charge in [0, 0.05) is 6.42 Å². The second kappa shape index (κ2) is 10.0. The predicted molar refractivity (Wildman–Crippen MR) is 87.9 cm³/mol. The smallest absolute Gasteiger partial charge is 0.306 e. The maximum atomic E-state index is 11.7. The van der Waals surface area contributed by atoms with Crippen molar-refractivity contribution in [2.75, 3.05) is 13.2 Å². The Hall–Kier alpha value is -1.84. The van der Waals surface area contributed by atoms with Crippen molar-refractivity contribution >= 4 is 11.9 Å². The van der Waals surface area contributed by atoms with Gasteiger partial charge in [0.05, 0.1) is 26.1 Å². The average molecular weight is 318 g/mol. The summed E-state index contributed by atoms with van der Waals surface area (Å²) >= 11 is 0. The predicted octanol–water partition coefficient (Wildman–Crippen LogP) is 3.68. The van der Waals surface area contributed by atoms with E-state index < -0.39 is 0 Å². The Morgan fingerprint density at radius 1 is 0.913 bits per heavy atom. The van der Waals surface area contributed by atoms with Crippen molar-refractivity contribution in [2.24, 2.45) is 5.92 Å². The van der Waals surface area contributed by atoms with E-state index in [4.69, 9.17) is 9.47 Å². The molecule has 2 rings (SSSR count). The number of ether oxygens (including phenoxy) is 2. The van der Waals surface area contributed by atoms with Crippen LogP contribution in [0.2, 0.25) is 0 Å². The van der Waals surface area contributed by atoms with Gasteiger partial charge in [0.1, 0.15) is 0 Å². The molecule has 0 aromatic heterocycles. The minimum absolute atomic E-state index is 0.0955. The summed E-state index contributed by atoms with van der Waals surface area (Å²) in [6, 6.07) is 9.86. The van der Waals surface area contributed by atoms with E-state index in [0.717, 1.165) is 18.4 Å². The van der Waals surface area contributed by atoms with Crippen LogP contribution in [0.5, 0.6) is 0 Å². The molecule has 0 amide bonds. The largest absolute Gasteiger partial charge is 0.465 e. The highest BCUT2D eigenvalue weighted by atomic mass is 16.5. The number of carbonyl (C=O) groups is 2. The summed E-state index contributed by atoms with van der Waals surface area (Å²) in [7, 11) is 0. The Labute approximate surface area is 138 Å². The standard InChI is InChI=1S/C19H26O4/c20-18(22-14-13-16-7-3-1-4-8-16)11-12-19(21)23-15-17-9-5-2-6-10-17/h1,3-4,7-8,17H,2,5-6,9-15H2. The van der Waals surface area contributed by atoms with Crippen LogP contribution in [0.4, 0.5) is 0 Å². The third-order valence-corrected chi connectivity index (χ3v) is 4.23. The zero-order valence-electron chi connectivity index (χ0n) is 13.7. The minimum atomic E-state index is -0.337. The Morgan fingerprint density at radius 2 is 1.57 bits per heavy atom. The Kier molecular flexibility index (Phi) is 7.64. The topological polar surface area (TPSA) is 52.6 Å². The molecule has 4 heteroatoms. The molecule has 0 radical (unpaired) electrons. The van der Waals surface area contributed by atoms with Gasteiger partial charge in [-0.25, -0.2) is 0 Å². The summed E-state index contributed by atoms with van der Waals surface area (Å²) in [4.78, 5) is 23.3. The Balaban J connectivity index is 1.52. The summed E-state index contributed by atoms with van der Waals surface area (Å²) in [5.74, 6) is -0.128. The van der Waals surface area contributed by atoms with Crippen LogP contribution in [0.3, 0.4) is 0 Å². The van der Waals surface area contributed by atoms with E-state index in [-0.39, 0.29) is 24.8 Å². The van der Waals surface area contributed by atoms with Crippen molar-refractivity contribution in [3.63, 3.8) is 0 Å². The second-order valence-electron chi connectivity index (χ2n) is 6.14. The van der Waals surface area contributed by atoms with Crippen molar-refractivity contribution < 1.29 is 19.1 Å². The van der Waals surface area contributed by atoms with Gasteiger partial charge in [-0.1, -0.05) is 49.6 Å². The van der Waals surface area contributed by atoms with Crippen LogP contribution in [0, 0.1) is 5.92 Å². The van der Waals surface area contributed by atoms with Crippen molar-refractivity contribution in [1.29, 1.82) is 0 Å². The lowest BCUT2D eigenvalue weighted by molar-refractivity contribution is -0.151. The zero-order valence-corrected chi connectivity index (χ0v) is 13.7. The Morgan fingerprint density at radius 3 is 2.26 bits per heavy atom. The fourth-order valence-corrected chi connectivity index (χ4v) is 2.84. The second-order valence-corrected chi connectivity index (χ2v) is 6.14. The highest BCUT2D eigenvalue weighted by Crippen LogP contribution is 2.23. The fraction of sp³-hybridized carbons (Fsp3) is 0.579. The van der Waals surface area contributed by atoms with E-state index >= 15 is 0 Å². The molecule has 0 N–H and O–H groups in total. The first-order chi connectivity index (χ1) is 11.2. The molecule has 0 saturated heterocycles. The molecule has 1 saturated carbocycles. The molecule has 4 nitrogen and oxygen atoms in total. The number of rotatable bonds is 8. The van der Waals surface area contributed by atoms with Gasteiger partial charge in [0.15, 0.2) is 0 Å².